The Morgan fingerprint density at radius 3 is 2.95 bits per heavy atom. The molecule has 2 heterocycles. The molecule has 1 aromatic heterocycles. The second kappa shape index (κ2) is 5.55. The SMILES string of the molecule is CC1(C)CN(Cc2cc3ccccc3nc2Cl)CCS1. The van der Waals surface area contributed by atoms with E-state index in [0.29, 0.717) is 9.90 Å². The first-order valence-electron chi connectivity index (χ1n) is 6.94. The fraction of sp³-hybridized carbons (Fsp3) is 0.438. The number of pyridine rings is 1. The van der Waals surface area contributed by atoms with Gasteiger partial charge >= 0.3 is 0 Å². The van der Waals surface area contributed by atoms with Crippen molar-refractivity contribution in [2.45, 2.75) is 25.1 Å². The molecule has 0 unspecified atom stereocenters. The zero-order valence-corrected chi connectivity index (χ0v) is 13.5. The second-order valence-electron chi connectivity index (χ2n) is 5.95. The third-order valence-electron chi connectivity index (χ3n) is 3.65. The summed E-state index contributed by atoms with van der Waals surface area (Å²) < 4.78 is 0.328. The fourth-order valence-electron chi connectivity index (χ4n) is 2.74. The molecule has 20 heavy (non-hydrogen) atoms. The maximum Gasteiger partial charge on any atom is 0.134 e. The molecule has 106 valence electrons. The van der Waals surface area contributed by atoms with Gasteiger partial charge in [-0.1, -0.05) is 29.8 Å². The van der Waals surface area contributed by atoms with Gasteiger partial charge in [0.15, 0.2) is 0 Å². The largest absolute Gasteiger partial charge is 0.297 e. The summed E-state index contributed by atoms with van der Waals surface area (Å²) in [6, 6.07) is 10.3. The molecule has 0 amide bonds. The Hall–Kier alpha value is -0.770. The number of aromatic nitrogens is 1. The quantitative estimate of drug-likeness (QED) is 0.773. The Bertz CT molecular complexity index is 627. The van der Waals surface area contributed by atoms with Crippen LogP contribution in [0.15, 0.2) is 30.3 Å². The molecular weight excluding hydrogens is 288 g/mol. The molecule has 2 aromatic rings. The number of hydrogen-bond donors (Lipinski definition) is 0. The van der Waals surface area contributed by atoms with Crippen LogP contribution in [0.3, 0.4) is 0 Å². The van der Waals surface area contributed by atoms with Crippen LogP contribution in [0.25, 0.3) is 10.9 Å². The highest BCUT2D eigenvalue weighted by Crippen LogP contribution is 2.31. The molecule has 0 atom stereocenters. The number of rotatable bonds is 2. The summed E-state index contributed by atoms with van der Waals surface area (Å²) >= 11 is 8.40. The zero-order chi connectivity index (χ0) is 14.2. The number of nitrogens with zero attached hydrogens (tertiary/aromatic N) is 2. The molecule has 0 aliphatic carbocycles. The molecule has 3 rings (SSSR count). The van der Waals surface area contributed by atoms with E-state index in [0.717, 1.165) is 36.1 Å². The van der Waals surface area contributed by atoms with Crippen molar-refractivity contribution in [2.24, 2.45) is 0 Å². The molecule has 1 aromatic carbocycles. The van der Waals surface area contributed by atoms with Gasteiger partial charge in [-0.05, 0) is 26.0 Å². The maximum absolute atomic E-state index is 6.35. The predicted octanol–water partition coefficient (Wildman–Crippen LogP) is 4.22. The summed E-state index contributed by atoms with van der Waals surface area (Å²) in [6.07, 6.45) is 0. The Morgan fingerprint density at radius 1 is 1.35 bits per heavy atom. The highest BCUT2D eigenvalue weighted by molar-refractivity contribution is 8.00. The number of fused-ring (bicyclic) bond motifs is 1. The van der Waals surface area contributed by atoms with E-state index in [4.69, 9.17) is 11.6 Å². The van der Waals surface area contributed by atoms with Crippen molar-refractivity contribution in [3.63, 3.8) is 0 Å². The van der Waals surface area contributed by atoms with Gasteiger partial charge in [-0.3, -0.25) is 4.90 Å². The normalized spacial score (nSPS) is 19.4. The number of hydrogen-bond acceptors (Lipinski definition) is 3. The average Bonchev–Trinajstić information content (AvgIpc) is 2.38. The maximum atomic E-state index is 6.35. The summed E-state index contributed by atoms with van der Waals surface area (Å²) in [7, 11) is 0. The van der Waals surface area contributed by atoms with Crippen molar-refractivity contribution in [1.82, 2.24) is 9.88 Å². The Kier molecular flexibility index (Phi) is 3.93. The highest BCUT2D eigenvalue weighted by atomic mass is 35.5. The van der Waals surface area contributed by atoms with E-state index in [1.54, 1.807) is 0 Å². The molecule has 1 aliphatic heterocycles. The number of benzene rings is 1. The number of para-hydroxylation sites is 1. The van der Waals surface area contributed by atoms with Crippen molar-refractivity contribution >= 4 is 34.3 Å². The molecule has 0 bridgehead atoms. The molecule has 1 saturated heterocycles. The van der Waals surface area contributed by atoms with Crippen molar-refractivity contribution < 1.29 is 0 Å². The third-order valence-corrected chi connectivity index (χ3v) is 5.27. The lowest BCUT2D eigenvalue weighted by atomic mass is 10.1. The monoisotopic (exact) mass is 306 g/mol. The van der Waals surface area contributed by atoms with Gasteiger partial charge in [-0.25, -0.2) is 4.98 Å². The molecule has 2 nitrogen and oxygen atoms in total. The minimum atomic E-state index is 0.328. The van der Waals surface area contributed by atoms with Gasteiger partial charge in [0, 0.05) is 41.1 Å². The molecule has 0 N–H and O–H groups in total. The van der Waals surface area contributed by atoms with Crippen LogP contribution < -0.4 is 0 Å². The fourth-order valence-corrected chi connectivity index (χ4v) is 4.12. The molecule has 0 radical (unpaired) electrons. The summed E-state index contributed by atoms with van der Waals surface area (Å²) in [4.78, 5) is 6.99. The van der Waals surface area contributed by atoms with Crippen LogP contribution in [-0.2, 0) is 6.54 Å². The zero-order valence-electron chi connectivity index (χ0n) is 11.9. The van der Waals surface area contributed by atoms with Crippen LogP contribution in [0.1, 0.15) is 19.4 Å². The van der Waals surface area contributed by atoms with Gasteiger partial charge in [0.25, 0.3) is 0 Å². The van der Waals surface area contributed by atoms with E-state index in [1.807, 2.05) is 18.2 Å². The van der Waals surface area contributed by atoms with Crippen molar-refractivity contribution in [3.05, 3.63) is 41.0 Å². The number of halogens is 1. The minimum absolute atomic E-state index is 0.328. The van der Waals surface area contributed by atoms with E-state index < -0.39 is 0 Å². The predicted molar refractivity (Wildman–Crippen MR) is 88.6 cm³/mol. The van der Waals surface area contributed by atoms with Crippen molar-refractivity contribution in [2.75, 3.05) is 18.8 Å². The molecule has 4 heteroatoms. The summed E-state index contributed by atoms with van der Waals surface area (Å²) in [5.74, 6) is 1.19. The van der Waals surface area contributed by atoms with Gasteiger partial charge in [-0.2, -0.15) is 11.8 Å². The van der Waals surface area contributed by atoms with Crippen LogP contribution in [0.5, 0.6) is 0 Å². The van der Waals surface area contributed by atoms with E-state index in [1.165, 1.54) is 5.75 Å². The molecule has 0 saturated carbocycles. The summed E-state index contributed by atoms with van der Waals surface area (Å²) in [5.41, 5.74) is 2.10. The first-order valence-corrected chi connectivity index (χ1v) is 8.30. The molecular formula is C16H19ClN2S. The standard InChI is InChI=1S/C16H19ClN2S/c1-16(2)11-19(7-8-20-16)10-13-9-12-5-3-4-6-14(12)18-15(13)17/h3-6,9H,7-8,10-11H2,1-2H3. The second-order valence-corrected chi connectivity index (χ2v) is 8.11. The lowest BCUT2D eigenvalue weighted by molar-refractivity contribution is 0.252. The minimum Gasteiger partial charge on any atom is -0.297 e. The highest BCUT2D eigenvalue weighted by Gasteiger charge is 2.27. The summed E-state index contributed by atoms with van der Waals surface area (Å²) in [5, 5.41) is 1.80. The van der Waals surface area contributed by atoms with E-state index in [9.17, 15) is 0 Å². The molecule has 1 fully saturated rings. The van der Waals surface area contributed by atoms with Crippen molar-refractivity contribution in [1.29, 1.82) is 0 Å². The van der Waals surface area contributed by atoms with Gasteiger partial charge in [0.2, 0.25) is 0 Å². The van der Waals surface area contributed by atoms with Crippen LogP contribution in [-0.4, -0.2) is 33.5 Å². The van der Waals surface area contributed by atoms with Crippen LogP contribution in [0, 0.1) is 0 Å². The summed E-state index contributed by atoms with van der Waals surface area (Å²) in [6.45, 7) is 7.73. The van der Waals surface area contributed by atoms with E-state index >= 15 is 0 Å². The topological polar surface area (TPSA) is 16.1 Å². The van der Waals surface area contributed by atoms with Gasteiger partial charge < -0.3 is 0 Å². The molecule has 1 aliphatic rings. The Morgan fingerprint density at radius 2 is 2.15 bits per heavy atom. The smallest absolute Gasteiger partial charge is 0.134 e. The van der Waals surface area contributed by atoms with Gasteiger partial charge in [-0.15, -0.1) is 0 Å². The third kappa shape index (κ3) is 3.11. The average molecular weight is 307 g/mol. The van der Waals surface area contributed by atoms with Gasteiger partial charge in [0.1, 0.15) is 5.15 Å². The van der Waals surface area contributed by atoms with Crippen molar-refractivity contribution in [3.8, 4) is 0 Å². The Labute approximate surface area is 129 Å². The lowest BCUT2D eigenvalue weighted by Crippen LogP contribution is -2.42. The van der Waals surface area contributed by atoms with Crippen LogP contribution in [0.4, 0.5) is 0 Å². The Balaban J connectivity index is 1.85. The van der Waals surface area contributed by atoms with Gasteiger partial charge in [0.05, 0.1) is 5.52 Å². The lowest BCUT2D eigenvalue weighted by Gasteiger charge is -2.37. The van der Waals surface area contributed by atoms with Crippen LogP contribution >= 0.6 is 23.4 Å². The molecule has 0 spiro atoms. The number of thioether (sulfide) groups is 1. The first-order chi connectivity index (χ1) is 9.53. The van der Waals surface area contributed by atoms with E-state index in [-0.39, 0.29) is 0 Å². The first kappa shape index (κ1) is 14.2. The van der Waals surface area contributed by atoms with Crippen LogP contribution in [0.2, 0.25) is 5.15 Å². The van der Waals surface area contributed by atoms with E-state index in [2.05, 4.69) is 47.6 Å².